The van der Waals surface area contributed by atoms with E-state index in [1.54, 1.807) is 0 Å². The van der Waals surface area contributed by atoms with Gasteiger partial charge < -0.3 is 20.1 Å². The first-order valence-electron chi connectivity index (χ1n) is 9.46. The summed E-state index contributed by atoms with van der Waals surface area (Å²) in [7, 11) is 1.53. The van der Waals surface area contributed by atoms with E-state index >= 15 is 0 Å². The molecule has 144 valence electrons. The van der Waals surface area contributed by atoms with E-state index in [2.05, 4.69) is 17.5 Å². The Hall–Kier alpha value is -2.88. The van der Waals surface area contributed by atoms with Crippen molar-refractivity contribution in [1.82, 2.24) is 4.90 Å². The number of carbonyl (C=O) groups excluding carboxylic acids is 1. The topological polar surface area (TPSA) is 85.6 Å². The Kier molecular flexibility index (Phi) is 5.03. The Bertz CT molecular complexity index is 920. The number of hydrogen-bond acceptors (Lipinski definition) is 5. The van der Waals surface area contributed by atoms with Gasteiger partial charge in [-0.25, -0.2) is 0 Å². The lowest BCUT2D eigenvalue weighted by molar-refractivity contribution is -0.136. The van der Waals surface area contributed by atoms with E-state index < -0.39 is 0 Å². The Morgan fingerprint density at radius 2 is 2.04 bits per heavy atom. The average molecular weight is 377 g/mol. The number of nitriles is 1. The zero-order valence-electron chi connectivity index (χ0n) is 15.8. The number of likely N-dealkylation sites (tertiary alicyclic amines) is 1. The highest BCUT2D eigenvalue weighted by atomic mass is 16.5. The van der Waals surface area contributed by atoms with E-state index in [0.717, 1.165) is 28.8 Å². The highest BCUT2D eigenvalue weighted by molar-refractivity contribution is 5.80. The van der Waals surface area contributed by atoms with Crippen molar-refractivity contribution in [3.8, 4) is 17.2 Å². The molecule has 0 aromatic heterocycles. The number of aliphatic hydroxyl groups excluding tert-OH is 1. The molecular weight excluding hydrogens is 354 g/mol. The van der Waals surface area contributed by atoms with Crippen LogP contribution in [0.3, 0.4) is 0 Å². The number of nitrogens with zero attached hydrogens (tertiary/aromatic N) is 2. The fourth-order valence-electron chi connectivity index (χ4n) is 4.47. The highest BCUT2D eigenvalue weighted by Gasteiger charge is 2.45. The number of fused-ring (bicyclic) bond motifs is 3. The van der Waals surface area contributed by atoms with Crippen LogP contribution >= 0.6 is 0 Å². The third-order valence-electron chi connectivity index (χ3n) is 5.80. The number of ether oxygens (including phenoxy) is 1. The second kappa shape index (κ2) is 7.63. The smallest absolute Gasteiger partial charge is 0.249 e. The number of methoxy groups -OCH3 is 1. The minimum Gasteiger partial charge on any atom is -0.394 e. The molecule has 2 aliphatic heterocycles. The summed E-state index contributed by atoms with van der Waals surface area (Å²) in [4.78, 5) is 14.5. The monoisotopic (exact) mass is 377 g/mol. The molecule has 3 atom stereocenters. The predicted molar refractivity (Wildman–Crippen MR) is 106 cm³/mol. The van der Waals surface area contributed by atoms with Gasteiger partial charge in [0, 0.05) is 25.3 Å². The number of anilines is 1. The van der Waals surface area contributed by atoms with Crippen molar-refractivity contribution in [3.63, 3.8) is 0 Å². The molecule has 2 N–H and O–H groups in total. The standard InChI is InChI=1S/C22H23N3O3/c1-28-13-21(27)25-9-8-17-20(12-26)24-19-7-6-16(10-18(19)22(17)25)15-4-2-14(11-23)3-5-15/h2-7,10,17,20,22,24,26H,8-9,12-13H2,1H3/t17-,20+,22-/m1/s1. The van der Waals surface area contributed by atoms with Crippen molar-refractivity contribution in [2.45, 2.75) is 18.5 Å². The van der Waals surface area contributed by atoms with Crippen LogP contribution in [0.5, 0.6) is 0 Å². The molecule has 2 aromatic rings. The molecule has 1 amide bonds. The predicted octanol–water partition coefficient (Wildman–Crippen LogP) is 2.55. The molecule has 4 rings (SSSR count). The van der Waals surface area contributed by atoms with Gasteiger partial charge >= 0.3 is 0 Å². The van der Waals surface area contributed by atoms with Gasteiger partial charge in [0.1, 0.15) is 6.61 Å². The summed E-state index contributed by atoms with van der Waals surface area (Å²) >= 11 is 0. The zero-order chi connectivity index (χ0) is 19.7. The van der Waals surface area contributed by atoms with Crippen LogP contribution in [0.1, 0.15) is 23.6 Å². The van der Waals surface area contributed by atoms with Crippen molar-refractivity contribution in [2.75, 3.05) is 32.2 Å². The normalized spacial score (nSPS) is 22.8. The van der Waals surface area contributed by atoms with Crippen molar-refractivity contribution >= 4 is 11.6 Å². The van der Waals surface area contributed by atoms with Crippen LogP contribution in [0.2, 0.25) is 0 Å². The van der Waals surface area contributed by atoms with Gasteiger partial charge in [-0.1, -0.05) is 18.2 Å². The Labute approximate surface area is 164 Å². The molecule has 6 nitrogen and oxygen atoms in total. The first-order valence-corrected chi connectivity index (χ1v) is 9.46. The van der Waals surface area contributed by atoms with Crippen LogP contribution in [-0.4, -0.2) is 48.8 Å². The molecule has 0 bridgehead atoms. The molecule has 0 radical (unpaired) electrons. The van der Waals surface area contributed by atoms with E-state index in [1.165, 1.54) is 7.11 Å². The number of benzene rings is 2. The molecule has 2 aliphatic rings. The summed E-state index contributed by atoms with van der Waals surface area (Å²) in [5.41, 5.74) is 4.71. The molecule has 1 fully saturated rings. The molecule has 0 unspecified atom stereocenters. The highest BCUT2D eigenvalue weighted by Crippen LogP contribution is 2.47. The Balaban J connectivity index is 1.75. The maximum atomic E-state index is 12.6. The van der Waals surface area contributed by atoms with Gasteiger partial charge in [0.15, 0.2) is 0 Å². The summed E-state index contributed by atoms with van der Waals surface area (Å²) < 4.78 is 5.07. The van der Waals surface area contributed by atoms with Crippen molar-refractivity contribution in [2.24, 2.45) is 5.92 Å². The summed E-state index contributed by atoms with van der Waals surface area (Å²) in [5.74, 6) is 0.137. The van der Waals surface area contributed by atoms with Gasteiger partial charge in [-0.2, -0.15) is 5.26 Å². The summed E-state index contributed by atoms with van der Waals surface area (Å²) in [6.45, 7) is 0.756. The van der Waals surface area contributed by atoms with E-state index in [1.807, 2.05) is 41.3 Å². The number of carbonyl (C=O) groups is 1. The van der Waals surface area contributed by atoms with Gasteiger partial charge in [-0.05, 0) is 47.4 Å². The first-order chi connectivity index (χ1) is 13.7. The quantitative estimate of drug-likeness (QED) is 0.855. The van der Waals surface area contributed by atoms with Gasteiger partial charge in [0.25, 0.3) is 0 Å². The van der Waals surface area contributed by atoms with Crippen LogP contribution in [0.25, 0.3) is 11.1 Å². The zero-order valence-corrected chi connectivity index (χ0v) is 15.8. The first kappa shape index (κ1) is 18.5. The lowest BCUT2D eigenvalue weighted by Crippen LogP contribution is -2.43. The Morgan fingerprint density at radius 1 is 1.29 bits per heavy atom. The fourth-order valence-corrected chi connectivity index (χ4v) is 4.47. The SMILES string of the molecule is COCC(=O)N1CC[C@@H]2[C@H](CO)Nc3ccc(-c4ccc(C#N)cc4)cc3[C@@H]21. The third-order valence-corrected chi connectivity index (χ3v) is 5.80. The van der Waals surface area contributed by atoms with E-state index in [0.29, 0.717) is 12.1 Å². The van der Waals surface area contributed by atoms with E-state index in [9.17, 15) is 9.90 Å². The van der Waals surface area contributed by atoms with Crippen molar-refractivity contribution < 1.29 is 14.6 Å². The molecule has 1 saturated heterocycles. The van der Waals surface area contributed by atoms with Crippen molar-refractivity contribution in [3.05, 3.63) is 53.6 Å². The van der Waals surface area contributed by atoms with Crippen LogP contribution in [0.4, 0.5) is 5.69 Å². The van der Waals surface area contributed by atoms with E-state index in [-0.39, 0.29) is 37.1 Å². The minimum atomic E-state index is -0.0746. The largest absolute Gasteiger partial charge is 0.394 e. The summed E-state index contributed by atoms with van der Waals surface area (Å²) in [6, 6.07) is 15.6. The fraction of sp³-hybridized carbons (Fsp3) is 0.364. The van der Waals surface area contributed by atoms with Crippen molar-refractivity contribution in [1.29, 1.82) is 5.26 Å². The molecule has 28 heavy (non-hydrogen) atoms. The Morgan fingerprint density at radius 3 is 2.71 bits per heavy atom. The number of amides is 1. The number of rotatable bonds is 4. The van der Waals surface area contributed by atoms with E-state index in [4.69, 9.17) is 10.00 Å². The van der Waals surface area contributed by atoms with Crippen LogP contribution in [0.15, 0.2) is 42.5 Å². The molecule has 2 aromatic carbocycles. The van der Waals surface area contributed by atoms with Gasteiger partial charge in [0.05, 0.1) is 30.3 Å². The average Bonchev–Trinajstić information content (AvgIpc) is 3.19. The maximum absolute atomic E-state index is 12.6. The minimum absolute atomic E-state index is 0.0247. The number of hydrogen-bond donors (Lipinski definition) is 2. The third kappa shape index (κ3) is 3.13. The molecule has 0 spiro atoms. The number of nitrogens with one attached hydrogen (secondary N) is 1. The maximum Gasteiger partial charge on any atom is 0.249 e. The lowest BCUT2D eigenvalue weighted by Gasteiger charge is -2.39. The van der Waals surface area contributed by atoms with Crippen LogP contribution < -0.4 is 5.32 Å². The number of aliphatic hydroxyl groups is 1. The molecule has 0 aliphatic carbocycles. The lowest BCUT2D eigenvalue weighted by atomic mass is 9.82. The van der Waals surface area contributed by atoms with Gasteiger partial charge in [-0.3, -0.25) is 4.79 Å². The molecular formula is C22H23N3O3. The summed E-state index contributed by atoms with van der Waals surface area (Å²) in [5, 5.41) is 22.3. The second-order valence-electron chi connectivity index (χ2n) is 7.34. The second-order valence-corrected chi connectivity index (χ2v) is 7.34. The molecule has 0 saturated carbocycles. The molecule has 2 heterocycles. The van der Waals surface area contributed by atoms with Gasteiger partial charge in [-0.15, -0.1) is 0 Å². The van der Waals surface area contributed by atoms with Gasteiger partial charge in [0.2, 0.25) is 5.91 Å². The van der Waals surface area contributed by atoms with Crippen LogP contribution in [0, 0.1) is 17.2 Å². The van der Waals surface area contributed by atoms with Crippen LogP contribution in [-0.2, 0) is 9.53 Å². The molecule has 6 heteroatoms. The summed E-state index contributed by atoms with van der Waals surface area (Å²) in [6.07, 6.45) is 0.846.